The van der Waals surface area contributed by atoms with E-state index in [-0.39, 0.29) is 11.4 Å². The van der Waals surface area contributed by atoms with Gasteiger partial charge in [0.15, 0.2) is 0 Å². The second kappa shape index (κ2) is 4.97. The molecule has 0 saturated heterocycles. The molecule has 0 rings (SSSR count). The fourth-order valence-corrected chi connectivity index (χ4v) is 0.531. The standard InChI is InChI=1S/C8H11NO4/c1-5(7(10)12-3)9-6(2)8(11)13-4/h9H,1-2H2,3-4H3. The highest BCUT2D eigenvalue weighted by molar-refractivity contribution is 5.92. The molecule has 0 aliphatic heterocycles. The van der Waals surface area contributed by atoms with Crippen LogP contribution in [-0.2, 0) is 19.1 Å². The van der Waals surface area contributed by atoms with Crippen LogP contribution < -0.4 is 5.32 Å². The summed E-state index contributed by atoms with van der Waals surface area (Å²) in [5.74, 6) is -1.32. The number of methoxy groups -OCH3 is 2. The molecular formula is C8H11NO4. The van der Waals surface area contributed by atoms with Crippen LogP contribution in [0.15, 0.2) is 24.6 Å². The first-order valence-corrected chi connectivity index (χ1v) is 3.34. The Morgan fingerprint density at radius 2 is 1.31 bits per heavy atom. The molecule has 0 aromatic heterocycles. The van der Waals surface area contributed by atoms with E-state index in [1.807, 2.05) is 0 Å². The van der Waals surface area contributed by atoms with Crippen LogP contribution in [0.3, 0.4) is 0 Å². The van der Waals surface area contributed by atoms with Gasteiger partial charge in [0.1, 0.15) is 11.4 Å². The largest absolute Gasteiger partial charge is 0.464 e. The molecule has 0 heterocycles. The molecule has 0 amide bonds. The van der Waals surface area contributed by atoms with Crippen molar-refractivity contribution in [2.75, 3.05) is 14.2 Å². The Bertz CT molecular complexity index is 231. The molecule has 0 bridgehead atoms. The van der Waals surface area contributed by atoms with E-state index in [9.17, 15) is 9.59 Å². The van der Waals surface area contributed by atoms with Crippen molar-refractivity contribution in [1.82, 2.24) is 5.32 Å². The Balaban J connectivity index is 4.15. The highest BCUT2D eigenvalue weighted by atomic mass is 16.5. The van der Waals surface area contributed by atoms with E-state index in [1.54, 1.807) is 0 Å². The first-order chi connectivity index (χ1) is 6.02. The smallest absolute Gasteiger partial charge is 0.353 e. The lowest BCUT2D eigenvalue weighted by atomic mass is 10.4. The van der Waals surface area contributed by atoms with E-state index in [0.29, 0.717) is 0 Å². The highest BCUT2D eigenvalue weighted by Crippen LogP contribution is 1.95. The summed E-state index contributed by atoms with van der Waals surface area (Å²) in [5, 5.41) is 2.34. The van der Waals surface area contributed by atoms with Gasteiger partial charge in [0.25, 0.3) is 0 Å². The molecule has 5 heteroatoms. The average Bonchev–Trinajstić information content (AvgIpc) is 2.14. The van der Waals surface area contributed by atoms with E-state index in [0.717, 1.165) is 0 Å². The first kappa shape index (κ1) is 11.2. The number of esters is 2. The Morgan fingerprint density at radius 1 is 1.00 bits per heavy atom. The molecule has 5 nitrogen and oxygen atoms in total. The molecule has 0 aliphatic carbocycles. The molecule has 72 valence electrons. The summed E-state index contributed by atoms with van der Waals surface area (Å²) < 4.78 is 8.66. The second-order valence-electron chi connectivity index (χ2n) is 2.07. The van der Waals surface area contributed by atoms with Gasteiger partial charge >= 0.3 is 11.9 Å². The summed E-state index contributed by atoms with van der Waals surface area (Å²) in [5.41, 5.74) is -0.143. The van der Waals surface area contributed by atoms with Gasteiger partial charge in [-0.05, 0) is 0 Å². The number of carbonyl (C=O) groups is 2. The van der Waals surface area contributed by atoms with E-state index in [1.165, 1.54) is 14.2 Å². The van der Waals surface area contributed by atoms with Crippen LogP contribution in [0.4, 0.5) is 0 Å². The number of rotatable bonds is 4. The molecule has 0 unspecified atom stereocenters. The van der Waals surface area contributed by atoms with E-state index in [4.69, 9.17) is 0 Å². The van der Waals surface area contributed by atoms with Crippen LogP contribution in [0, 0.1) is 0 Å². The molecule has 0 atom stereocenters. The molecule has 0 fully saturated rings. The summed E-state index contributed by atoms with van der Waals surface area (Å²) in [6.45, 7) is 6.66. The molecule has 13 heavy (non-hydrogen) atoms. The molecule has 1 N–H and O–H groups in total. The SMILES string of the molecule is C=C(NC(=C)C(=O)OC)C(=O)OC. The average molecular weight is 185 g/mol. The Kier molecular flexibility index (Phi) is 4.29. The van der Waals surface area contributed by atoms with Crippen LogP contribution in [0.1, 0.15) is 0 Å². The minimum absolute atomic E-state index is 0.0714. The van der Waals surface area contributed by atoms with Crippen LogP contribution in [-0.4, -0.2) is 26.2 Å². The Labute approximate surface area is 76.0 Å². The number of hydrogen-bond acceptors (Lipinski definition) is 5. The predicted molar refractivity (Wildman–Crippen MR) is 45.4 cm³/mol. The molecule has 0 radical (unpaired) electrons. The van der Waals surface area contributed by atoms with Crippen molar-refractivity contribution in [3.63, 3.8) is 0 Å². The zero-order chi connectivity index (χ0) is 10.4. The first-order valence-electron chi connectivity index (χ1n) is 3.34. The zero-order valence-electron chi connectivity index (χ0n) is 7.55. The summed E-state index contributed by atoms with van der Waals surface area (Å²) in [6, 6.07) is 0. The van der Waals surface area contributed by atoms with Gasteiger partial charge in [-0.15, -0.1) is 0 Å². The number of ether oxygens (including phenoxy) is 2. The van der Waals surface area contributed by atoms with Gasteiger partial charge in [0, 0.05) is 0 Å². The molecule has 0 saturated carbocycles. The van der Waals surface area contributed by atoms with Crippen LogP contribution in [0.5, 0.6) is 0 Å². The lowest BCUT2D eigenvalue weighted by molar-refractivity contribution is -0.137. The molecular weight excluding hydrogens is 174 g/mol. The van der Waals surface area contributed by atoms with Crippen molar-refractivity contribution in [1.29, 1.82) is 0 Å². The predicted octanol–water partition coefficient (Wildman–Crippen LogP) is -0.0506. The number of carbonyl (C=O) groups excluding carboxylic acids is 2. The molecule has 0 aromatic carbocycles. The van der Waals surface area contributed by atoms with Crippen molar-refractivity contribution < 1.29 is 19.1 Å². The monoisotopic (exact) mass is 185 g/mol. The van der Waals surface area contributed by atoms with Gasteiger partial charge in [-0.1, -0.05) is 13.2 Å². The van der Waals surface area contributed by atoms with Crippen molar-refractivity contribution in [2.45, 2.75) is 0 Å². The highest BCUT2D eigenvalue weighted by Gasteiger charge is 2.11. The van der Waals surface area contributed by atoms with Gasteiger partial charge in [-0.3, -0.25) is 0 Å². The Hall–Kier alpha value is -1.78. The van der Waals surface area contributed by atoms with E-state index < -0.39 is 11.9 Å². The van der Waals surface area contributed by atoms with Crippen molar-refractivity contribution >= 4 is 11.9 Å². The third-order valence-electron chi connectivity index (χ3n) is 1.17. The van der Waals surface area contributed by atoms with Gasteiger partial charge in [-0.25, -0.2) is 9.59 Å². The maximum Gasteiger partial charge on any atom is 0.353 e. The third-order valence-corrected chi connectivity index (χ3v) is 1.17. The van der Waals surface area contributed by atoms with E-state index in [2.05, 4.69) is 27.9 Å². The second-order valence-corrected chi connectivity index (χ2v) is 2.07. The van der Waals surface area contributed by atoms with Gasteiger partial charge in [-0.2, -0.15) is 0 Å². The van der Waals surface area contributed by atoms with E-state index >= 15 is 0 Å². The molecule has 0 aromatic rings. The third kappa shape index (κ3) is 3.42. The summed E-state index contributed by atoms with van der Waals surface area (Å²) >= 11 is 0. The molecule has 0 aliphatic rings. The van der Waals surface area contributed by atoms with Gasteiger partial charge in [0.2, 0.25) is 0 Å². The van der Waals surface area contributed by atoms with Crippen LogP contribution in [0.25, 0.3) is 0 Å². The fraction of sp³-hybridized carbons (Fsp3) is 0.250. The zero-order valence-corrected chi connectivity index (χ0v) is 7.55. The lowest BCUT2D eigenvalue weighted by Gasteiger charge is -2.07. The maximum atomic E-state index is 10.8. The summed E-state index contributed by atoms with van der Waals surface area (Å²) in [7, 11) is 2.41. The minimum Gasteiger partial charge on any atom is -0.464 e. The lowest BCUT2D eigenvalue weighted by Crippen LogP contribution is -2.24. The van der Waals surface area contributed by atoms with Crippen LogP contribution in [0.2, 0.25) is 0 Å². The fourth-order valence-electron chi connectivity index (χ4n) is 0.531. The normalized spacial score (nSPS) is 8.46. The van der Waals surface area contributed by atoms with Gasteiger partial charge < -0.3 is 14.8 Å². The van der Waals surface area contributed by atoms with Crippen molar-refractivity contribution in [3.05, 3.63) is 24.6 Å². The number of hydrogen-bond donors (Lipinski definition) is 1. The summed E-state index contributed by atoms with van der Waals surface area (Å²) in [6.07, 6.45) is 0. The topological polar surface area (TPSA) is 64.6 Å². The van der Waals surface area contributed by atoms with Crippen molar-refractivity contribution in [3.8, 4) is 0 Å². The quantitative estimate of drug-likeness (QED) is 0.491. The maximum absolute atomic E-state index is 10.8. The van der Waals surface area contributed by atoms with Gasteiger partial charge in [0.05, 0.1) is 14.2 Å². The Morgan fingerprint density at radius 3 is 1.54 bits per heavy atom. The van der Waals surface area contributed by atoms with Crippen molar-refractivity contribution in [2.24, 2.45) is 0 Å². The summed E-state index contributed by atoms with van der Waals surface area (Å²) in [4.78, 5) is 21.6. The molecule has 0 spiro atoms. The van der Waals surface area contributed by atoms with Crippen LogP contribution >= 0.6 is 0 Å². The minimum atomic E-state index is -0.662. The number of nitrogens with one attached hydrogen (secondary N) is 1.